The zero-order chi connectivity index (χ0) is 15.0. The first-order valence-corrected chi connectivity index (χ1v) is 9.10. The lowest BCUT2D eigenvalue weighted by molar-refractivity contribution is 0.419. The molecule has 0 N–H and O–H groups in total. The number of fused-ring (bicyclic) bond motifs is 1. The molecular formula is C17H14Br2OS. The maximum absolute atomic E-state index is 5.47. The third kappa shape index (κ3) is 2.77. The molecule has 2 aromatic carbocycles. The molecule has 0 saturated carbocycles. The van der Waals surface area contributed by atoms with E-state index in [-0.39, 0.29) is 4.83 Å². The quantitative estimate of drug-likeness (QED) is 0.437. The summed E-state index contributed by atoms with van der Waals surface area (Å²) in [6.45, 7) is 2.12. The Kier molecular flexibility index (Phi) is 4.38. The Morgan fingerprint density at radius 3 is 2.43 bits per heavy atom. The highest BCUT2D eigenvalue weighted by Gasteiger charge is 2.18. The lowest BCUT2D eigenvalue weighted by atomic mass is 10.0. The number of ether oxygens (including phenoxy) is 1. The van der Waals surface area contributed by atoms with Crippen LogP contribution in [0.4, 0.5) is 0 Å². The number of methoxy groups -OCH3 is 1. The van der Waals surface area contributed by atoms with Gasteiger partial charge in [-0.1, -0.05) is 46.3 Å². The predicted molar refractivity (Wildman–Crippen MR) is 98.0 cm³/mol. The maximum atomic E-state index is 5.47. The van der Waals surface area contributed by atoms with E-state index in [1.807, 2.05) is 12.1 Å². The van der Waals surface area contributed by atoms with Gasteiger partial charge in [-0.3, -0.25) is 0 Å². The van der Waals surface area contributed by atoms with Crippen LogP contribution >= 0.6 is 43.2 Å². The molecule has 1 atom stereocenters. The van der Waals surface area contributed by atoms with Crippen LogP contribution in [-0.2, 0) is 0 Å². The third-order valence-electron chi connectivity index (χ3n) is 3.54. The second-order valence-electron chi connectivity index (χ2n) is 4.87. The molecule has 4 heteroatoms. The van der Waals surface area contributed by atoms with Crippen LogP contribution in [0.3, 0.4) is 0 Å². The smallest absolute Gasteiger partial charge is 0.126 e. The molecule has 0 aliphatic carbocycles. The lowest BCUT2D eigenvalue weighted by Gasteiger charge is -2.14. The Labute approximate surface area is 145 Å². The van der Waals surface area contributed by atoms with Gasteiger partial charge in [-0.2, -0.15) is 0 Å². The number of rotatable bonds is 3. The van der Waals surface area contributed by atoms with Crippen LogP contribution in [0.2, 0.25) is 0 Å². The molecule has 0 amide bonds. The van der Waals surface area contributed by atoms with Gasteiger partial charge in [-0.05, 0) is 51.5 Å². The van der Waals surface area contributed by atoms with Crippen LogP contribution < -0.4 is 4.74 Å². The molecule has 0 bridgehead atoms. The van der Waals surface area contributed by atoms with E-state index in [9.17, 15) is 0 Å². The number of halogens is 2. The van der Waals surface area contributed by atoms with Crippen molar-refractivity contribution >= 4 is 54.0 Å². The van der Waals surface area contributed by atoms with Gasteiger partial charge in [-0.15, -0.1) is 11.3 Å². The monoisotopic (exact) mass is 424 g/mol. The fourth-order valence-corrected chi connectivity index (χ4v) is 4.84. The molecule has 0 radical (unpaired) electrons. The largest absolute Gasteiger partial charge is 0.496 e. The van der Waals surface area contributed by atoms with E-state index < -0.39 is 0 Å². The molecule has 0 aliphatic heterocycles. The third-order valence-corrected chi connectivity index (χ3v) is 7.03. The normalized spacial score (nSPS) is 12.6. The fraction of sp³-hybridized carbons (Fsp3) is 0.176. The first-order chi connectivity index (χ1) is 10.1. The molecule has 0 saturated heterocycles. The molecule has 1 aromatic heterocycles. The van der Waals surface area contributed by atoms with Crippen molar-refractivity contribution in [2.75, 3.05) is 7.11 Å². The maximum Gasteiger partial charge on any atom is 0.126 e. The Hall–Kier alpha value is -0.840. The Balaban J connectivity index is 2.16. The highest BCUT2D eigenvalue weighted by atomic mass is 79.9. The predicted octanol–water partition coefficient (Wildman–Crippen LogP) is 6.47. The van der Waals surface area contributed by atoms with Crippen molar-refractivity contribution in [1.29, 1.82) is 0 Å². The molecule has 108 valence electrons. The lowest BCUT2D eigenvalue weighted by Crippen LogP contribution is -1.93. The van der Waals surface area contributed by atoms with Crippen LogP contribution in [0, 0.1) is 6.92 Å². The van der Waals surface area contributed by atoms with Crippen molar-refractivity contribution in [1.82, 2.24) is 0 Å². The summed E-state index contributed by atoms with van der Waals surface area (Å²) in [5.74, 6) is 0.914. The van der Waals surface area contributed by atoms with Gasteiger partial charge >= 0.3 is 0 Å². The van der Waals surface area contributed by atoms with Gasteiger partial charge in [0.25, 0.3) is 0 Å². The van der Waals surface area contributed by atoms with Crippen molar-refractivity contribution in [3.63, 3.8) is 0 Å². The SMILES string of the molecule is COc1ccc(C(Br)c2cc(C)c(Br)s2)c2ccccc12. The Bertz CT molecular complexity index is 775. The summed E-state index contributed by atoms with van der Waals surface area (Å²) < 4.78 is 6.67. The molecule has 3 aromatic rings. The highest BCUT2D eigenvalue weighted by molar-refractivity contribution is 9.11. The van der Waals surface area contributed by atoms with Gasteiger partial charge in [0, 0.05) is 10.3 Å². The van der Waals surface area contributed by atoms with Crippen LogP contribution in [0.25, 0.3) is 10.8 Å². The summed E-state index contributed by atoms with van der Waals surface area (Å²) in [6.07, 6.45) is 0. The molecule has 21 heavy (non-hydrogen) atoms. The summed E-state index contributed by atoms with van der Waals surface area (Å²) in [4.78, 5) is 1.48. The summed E-state index contributed by atoms with van der Waals surface area (Å²) in [5, 5.41) is 2.37. The molecule has 0 spiro atoms. The van der Waals surface area contributed by atoms with Crippen molar-refractivity contribution in [3.8, 4) is 5.75 Å². The van der Waals surface area contributed by atoms with Gasteiger partial charge in [0.15, 0.2) is 0 Å². The Morgan fingerprint density at radius 1 is 1.10 bits per heavy atom. The van der Waals surface area contributed by atoms with Crippen molar-refractivity contribution < 1.29 is 4.74 Å². The molecule has 1 unspecified atom stereocenters. The number of hydrogen-bond donors (Lipinski definition) is 0. The summed E-state index contributed by atoms with van der Waals surface area (Å²) in [5.41, 5.74) is 2.54. The topological polar surface area (TPSA) is 9.23 Å². The molecule has 0 aliphatic rings. The van der Waals surface area contributed by atoms with E-state index in [2.05, 4.69) is 69.1 Å². The first-order valence-electron chi connectivity index (χ1n) is 6.57. The molecule has 0 fully saturated rings. The van der Waals surface area contributed by atoms with Gasteiger partial charge in [-0.25, -0.2) is 0 Å². The van der Waals surface area contributed by atoms with Crippen molar-refractivity contribution in [2.24, 2.45) is 0 Å². The standard InChI is InChI=1S/C17H14Br2OS/c1-10-9-15(21-17(10)19)16(18)13-7-8-14(20-2)12-6-4-3-5-11(12)13/h3-9,16H,1-2H3. The van der Waals surface area contributed by atoms with Gasteiger partial charge in [0.1, 0.15) is 5.75 Å². The van der Waals surface area contributed by atoms with Crippen molar-refractivity contribution in [3.05, 3.63) is 62.3 Å². The zero-order valence-corrected chi connectivity index (χ0v) is 15.7. The minimum Gasteiger partial charge on any atom is -0.496 e. The van der Waals surface area contributed by atoms with E-state index in [0.29, 0.717) is 0 Å². The average molecular weight is 426 g/mol. The van der Waals surface area contributed by atoms with Crippen LogP contribution in [0.15, 0.2) is 46.3 Å². The molecule has 1 heterocycles. The summed E-state index contributed by atoms with van der Waals surface area (Å²) in [7, 11) is 1.72. The van der Waals surface area contributed by atoms with E-state index in [0.717, 1.165) is 11.1 Å². The van der Waals surface area contributed by atoms with Gasteiger partial charge < -0.3 is 4.74 Å². The summed E-state index contributed by atoms with van der Waals surface area (Å²) >= 11 is 9.24. The van der Waals surface area contributed by atoms with Gasteiger partial charge in [0.2, 0.25) is 0 Å². The first kappa shape index (κ1) is 15.1. The van der Waals surface area contributed by atoms with E-state index >= 15 is 0 Å². The molecule has 1 nitrogen and oxygen atoms in total. The number of thiophene rings is 1. The second kappa shape index (κ2) is 6.11. The number of alkyl halides is 1. The highest BCUT2D eigenvalue weighted by Crippen LogP contribution is 2.42. The van der Waals surface area contributed by atoms with Crippen molar-refractivity contribution in [2.45, 2.75) is 11.8 Å². The van der Waals surface area contributed by atoms with Crippen LogP contribution in [0.5, 0.6) is 5.75 Å². The Morgan fingerprint density at radius 2 is 1.81 bits per heavy atom. The number of benzene rings is 2. The minimum absolute atomic E-state index is 0.184. The van der Waals surface area contributed by atoms with E-state index in [1.54, 1.807) is 18.4 Å². The van der Waals surface area contributed by atoms with E-state index in [4.69, 9.17) is 4.74 Å². The number of hydrogen-bond acceptors (Lipinski definition) is 2. The van der Waals surface area contributed by atoms with E-state index in [1.165, 1.54) is 25.2 Å². The van der Waals surface area contributed by atoms with Crippen LogP contribution in [-0.4, -0.2) is 7.11 Å². The van der Waals surface area contributed by atoms with Crippen LogP contribution in [0.1, 0.15) is 20.8 Å². The zero-order valence-electron chi connectivity index (χ0n) is 11.7. The average Bonchev–Trinajstić information content (AvgIpc) is 2.85. The molecule has 3 rings (SSSR count). The van der Waals surface area contributed by atoms with Gasteiger partial charge in [0.05, 0.1) is 15.7 Å². The fourth-order valence-electron chi connectivity index (χ4n) is 2.46. The summed E-state index contributed by atoms with van der Waals surface area (Å²) in [6, 6.07) is 14.8. The molecular weight excluding hydrogens is 412 g/mol. The number of aryl methyl sites for hydroxylation is 1. The second-order valence-corrected chi connectivity index (χ2v) is 8.19. The minimum atomic E-state index is 0.184.